The Morgan fingerprint density at radius 3 is 2.17 bits per heavy atom. The summed E-state index contributed by atoms with van der Waals surface area (Å²) in [6.07, 6.45) is -8.78. The van der Waals surface area contributed by atoms with E-state index >= 15 is 0 Å². The molecule has 226 valence electrons. The average molecular weight is 639 g/mol. The fourth-order valence-corrected chi connectivity index (χ4v) is 6.53. The van der Waals surface area contributed by atoms with Crippen molar-refractivity contribution in [3.8, 4) is 0 Å². The number of ether oxygens (including phenoxy) is 1. The molecule has 1 amide bonds. The SMILES string of the molecule is CC[C@]1(CC(=O)O)O[C@H](c2cccc(Cl)c2)[C@@H](c2ccc(Cl)cc2)N([C@@H](CC(F)(F)F)CS(=O)(=O)C(C)(C)C)C1=O. The minimum absolute atomic E-state index is 0.205. The molecule has 1 aliphatic rings. The number of hydrogen-bond donors (Lipinski definition) is 1. The summed E-state index contributed by atoms with van der Waals surface area (Å²) in [6, 6.07) is 9.06. The van der Waals surface area contributed by atoms with Crippen LogP contribution < -0.4 is 0 Å². The number of amides is 1. The second kappa shape index (κ2) is 12.1. The fourth-order valence-electron chi connectivity index (χ4n) is 4.92. The van der Waals surface area contributed by atoms with Crippen molar-refractivity contribution >= 4 is 44.9 Å². The number of carboxylic acid groups (broad SMARTS) is 1. The first kappa shape index (κ1) is 33.2. The number of carbonyl (C=O) groups excluding carboxylic acids is 1. The molecular formula is C28H32Cl2F3NO6S. The Kier molecular flexibility index (Phi) is 9.79. The van der Waals surface area contributed by atoms with Crippen molar-refractivity contribution in [1.29, 1.82) is 0 Å². The molecule has 0 aliphatic carbocycles. The quantitative estimate of drug-likeness (QED) is 0.325. The summed E-state index contributed by atoms with van der Waals surface area (Å²) in [5.74, 6) is -3.47. The zero-order valence-electron chi connectivity index (χ0n) is 22.9. The minimum atomic E-state index is -4.87. The first-order chi connectivity index (χ1) is 18.8. The Labute approximate surface area is 247 Å². The van der Waals surface area contributed by atoms with Crippen LogP contribution in [0, 0.1) is 0 Å². The molecule has 13 heteroatoms. The minimum Gasteiger partial charge on any atom is -0.481 e. The molecule has 0 saturated carbocycles. The lowest BCUT2D eigenvalue weighted by Gasteiger charge is -2.52. The number of benzene rings is 2. The zero-order chi connectivity index (χ0) is 31.0. The van der Waals surface area contributed by atoms with E-state index in [2.05, 4.69) is 0 Å². The Hall–Kier alpha value is -2.34. The van der Waals surface area contributed by atoms with Gasteiger partial charge < -0.3 is 14.7 Å². The van der Waals surface area contributed by atoms with E-state index in [0.29, 0.717) is 16.1 Å². The number of hydrogen-bond acceptors (Lipinski definition) is 5. The van der Waals surface area contributed by atoms with E-state index in [1.807, 2.05) is 0 Å². The van der Waals surface area contributed by atoms with Gasteiger partial charge in [0.1, 0.15) is 6.10 Å². The largest absolute Gasteiger partial charge is 0.481 e. The zero-order valence-corrected chi connectivity index (χ0v) is 25.2. The fraction of sp³-hybridized carbons (Fsp3) is 0.500. The Morgan fingerprint density at radius 1 is 1.07 bits per heavy atom. The van der Waals surface area contributed by atoms with E-state index in [4.69, 9.17) is 27.9 Å². The maximum Gasteiger partial charge on any atom is 0.391 e. The van der Waals surface area contributed by atoms with Crippen LogP contribution in [-0.4, -0.2) is 58.6 Å². The molecule has 1 N–H and O–H groups in total. The molecule has 3 rings (SSSR count). The number of aliphatic carboxylic acids is 1. The topological polar surface area (TPSA) is 101 Å². The second-order valence-electron chi connectivity index (χ2n) is 11.1. The van der Waals surface area contributed by atoms with Crippen LogP contribution in [-0.2, 0) is 24.2 Å². The summed E-state index contributed by atoms with van der Waals surface area (Å²) in [5, 5.41) is 10.3. The molecule has 41 heavy (non-hydrogen) atoms. The van der Waals surface area contributed by atoms with Gasteiger partial charge in [0.05, 0.1) is 35.4 Å². The molecule has 0 bridgehead atoms. The summed E-state index contributed by atoms with van der Waals surface area (Å²) in [7, 11) is -4.20. The molecule has 0 aromatic heterocycles. The van der Waals surface area contributed by atoms with Gasteiger partial charge in [0.2, 0.25) is 0 Å². The highest BCUT2D eigenvalue weighted by atomic mass is 35.5. The summed E-state index contributed by atoms with van der Waals surface area (Å²) >= 11 is 12.3. The lowest BCUT2D eigenvalue weighted by atomic mass is 9.84. The van der Waals surface area contributed by atoms with Crippen molar-refractivity contribution in [3.05, 3.63) is 69.7 Å². The molecule has 1 heterocycles. The summed E-state index contributed by atoms with van der Waals surface area (Å²) in [5.41, 5.74) is -1.41. The summed E-state index contributed by atoms with van der Waals surface area (Å²) in [6.45, 7) is 5.57. The summed E-state index contributed by atoms with van der Waals surface area (Å²) < 4.78 is 73.8. The smallest absolute Gasteiger partial charge is 0.391 e. The highest BCUT2D eigenvalue weighted by Crippen LogP contribution is 2.50. The Morgan fingerprint density at radius 2 is 1.68 bits per heavy atom. The molecule has 1 aliphatic heterocycles. The van der Waals surface area contributed by atoms with Crippen LogP contribution in [0.1, 0.15) is 70.2 Å². The third-order valence-electron chi connectivity index (χ3n) is 7.17. The number of rotatable bonds is 9. The number of carboxylic acids is 1. The van der Waals surface area contributed by atoms with Gasteiger partial charge in [-0.3, -0.25) is 9.59 Å². The maximum atomic E-state index is 14.3. The van der Waals surface area contributed by atoms with E-state index in [-0.39, 0.29) is 11.4 Å². The predicted octanol–water partition coefficient (Wildman–Crippen LogP) is 6.79. The van der Waals surface area contributed by atoms with E-state index < -0.39 is 75.0 Å². The van der Waals surface area contributed by atoms with Gasteiger partial charge in [-0.05, 0) is 62.6 Å². The van der Waals surface area contributed by atoms with Crippen LogP contribution in [0.5, 0.6) is 0 Å². The first-order valence-corrected chi connectivity index (χ1v) is 15.2. The molecule has 4 atom stereocenters. The lowest BCUT2D eigenvalue weighted by Crippen LogP contribution is -2.63. The first-order valence-electron chi connectivity index (χ1n) is 12.8. The number of carbonyl (C=O) groups is 2. The average Bonchev–Trinajstić information content (AvgIpc) is 2.83. The molecule has 2 aromatic rings. The van der Waals surface area contributed by atoms with Crippen LogP contribution in [0.4, 0.5) is 13.2 Å². The Bertz CT molecular complexity index is 1380. The van der Waals surface area contributed by atoms with Gasteiger partial charge in [-0.2, -0.15) is 13.2 Å². The van der Waals surface area contributed by atoms with Gasteiger partial charge in [-0.25, -0.2) is 8.42 Å². The van der Waals surface area contributed by atoms with E-state index in [1.54, 1.807) is 18.2 Å². The predicted molar refractivity (Wildman–Crippen MR) is 150 cm³/mol. The van der Waals surface area contributed by atoms with Gasteiger partial charge in [-0.15, -0.1) is 0 Å². The van der Waals surface area contributed by atoms with Crippen LogP contribution in [0.25, 0.3) is 0 Å². The van der Waals surface area contributed by atoms with E-state index in [0.717, 1.165) is 4.90 Å². The highest BCUT2D eigenvalue weighted by molar-refractivity contribution is 7.92. The van der Waals surface area contributed by atoms with Crippen molar-refractivity contribution < 1.29 is 41.0 Å². The molecule has 0 radical (unpaired) electrons. The van der Waals surface area contributed by atoms with Crippen molar-refractivity contribution in [3.63, 3.8) is 0 Å². The van der Waals surface area contributed by atoms with Crippen LogP contribution >= 0.6 is 23.2 Å². The molecule has 7 nitrogen and oxygen atoms in total. The number of nitrogens with zero attached hydrogens (tertiary/aromatic N) is 1. The lowest BCUT2D eigenvalue weighted by molar-refractivity contribution is -0.216. The number of sulfone groups is 1. The number of halogens is 5. The van der Waals surface area contributed by atoms with Crippen molar-refractivity contribution in [1.82, 2.24) is 4.90 Å². The number of alkyl halides is 3. The van der Waals surface area contributed by atoms with Gasteiger partial charge in [0.25, 0.3) is 5.91 Å². The summed E-state index contributed by atoms with van der Waals surface area (Å²) in [4.78, 5) is 27.1. The van der Waals surface area contributed by atoms with Crippen LogP contribution in [0.15, 0.2) is 48.5 Å². The second-order valence-corrected chi connectivity index (χ2v) is 14.7. The van der Waals surface area contributed by atoms with Gasteiger partial charge in [0.15, 0.2) is 15.4 Å². The molecule has 0 spiro atoms. The highest BCUT2D eigenvalue weighted by Gasteiger charge is 2.57. The van der Waals surface area contributed by atoms with Gasteiger partial charge in [-0.1, -0.05) is 54.4 Å². The third kappa shape index (κ3) is 7.55. The molecule has 1 fully saturated rings. The van der Waals surface area contributed by atoms with E-state index in [1.165, 1.54) is 58.0 Å². The maximum absolute atomic E-state index is 14.3. The van der Waals surface area contributed by atoms with Crippen LogP contribution in [0.3, 0.4) is 0 Å². The molecule has 1 saturated heterocycles. The normalized spacial score (nSPS) is 23.0. The monoisotopic (exact) mass is 637 g/mol. The van der Waals surface area contributed by atoms with Crippen molar-refractivity contribution in [2.24, 2.45) is 0 Å². The molecule has 0 unspecified atom stereocenters. The standard InChI is InChI=1S/C28H32Cl2F3NO6S/c1-5-27(15-22(35)36)25(37)34(21(14-28(31,32)33)16-41(38,39)26(2,3)4)23(17-9-11-19(29)12-10-17)24(40-27)18-7-6-8-20(30)13-18/h6-13,21,23-24H,5,14-16H2,1-4H3,(H,35,36)/t21-,23+,24+,27+/m0/s1. The van der Waals surface area contributed by atoms with Gasteiger partial charge in [0, 0.05) is 10.0 Å². The van der Waals surface area contributed by atoms with Crippen molar-refractivity contribution in [2.45, 2.75) is 81.7 Å². The Balaban J connectivity index is 2.38. The van der Waals surface area contributed by atoms with E-state index in [9.17, 15) is 36.3 Å². The third-order valence-corrected chi connectivity index (χ3v) is 10.3. The van der Waals surface area contributed by atoms with Gasteiger partial charge >= 0.3 is 12.1 Å². The molecule has 2 aromatic carbocycles. The van der Waals surface area contributed by atoms with Crippen LogP contribution in [0.2, 0.25) is 10.0 Å². The number of morpholine rings is 1. The molecular weight excluding hydrogens is 606 g/mol. The van der Waals surface area contributed by atoms with Crippen molar-refractivity contribution in [2.75, 3.05) is 5.75 Å².